The lowest BCUT2D eigenvalue weighted by Crippen LogP contribution is -2.59. The maximum Gasteiger partial charge on any atom is 0.243 e. The second-order valence-corrected chi connectivity index (χ2v) is 7.96. The van der Waals surface area contributed by atoms with E-state index >= 15 is 0 Å². The first-order valence-corrected chi connectivity index (χ1v) is 8.92. The minimum Gasteiger partial charge on any atom is -0.375 e. The van der Waals surface area contributed by atoms with Gasteiger partial charge in [-0.1, -0.05) is 6.07 Å². The van der Waals surface area contributed by atoms with Crippen LogP contribution in [0.25, 0.3) is 0 Å². The summed E-state index contributed by atoms with van der Waals surface area (Å²) in [5, 5.41) is 0. The fourth-order valence-electron chi connectivity index (χ4n) is 3.11. The van der Waals surface area contributed by atoms with Gasteiger partial charge in [-0.25, -0.2) is 12.8 Å². The predicted octanol–water partition coefficient (Wildman–Crippen LogP) is 1.23. The number of halogens is 1. The topological polar surface area (TPSA) is 49.9 Å². The van der Waals surface area contributed by atoms with Crippen molar-refractivity contribution in [2.24, 2.45) is 0 Å². The van der Waals surface area contributed by atoms with Gasteiger partial charge in [0, 0.05) is 25.7 Å². The summed E-state index contributed by atoms with van der Waals surface area (Å²) in [6, 6.07) is 4.15. The van der Waals surface area contributed by atoms with Crippen molar-refractivity contribution < 1.29 is 17.5 Å². The molecule has 1 aromatic carbocycles. The number of hydrogen-bond acceptors (Lipinski definition) is 4. The van der Waals surface area contributed by atoms with Crippen LogP contribution in [-0.2, 0) is 14.8 Å². The minimum atomic E-state index is -3.66. The summed E-state index contributed by atoms with van der Waals surface area (Å²) in [4.78, 5) is 2.17. The molecule has 5 nitrogen and oxygen atoms in total. The average molecular weight is 328 g/mol. The van der Waals surface area contributed by atoms with Crippen molar-refractivity contribution in [3.63, 3.8) is 0 Å². The largest absolute Gasteiger partial charge is 0.375 e. The molecule has 2 saturated heterocycles. The zero-order chi connectivity index (χ0) is 15.9. The molecule has 22 heavy (non-hydrogen) atoms. The molecule has 0 aromatic heterocycles. The molecule has 0 aliphatic carbocycles. The van der Waals surface area contributed by atoms with E-state index in [4.69, 9.17) is 4.74 Å². The third-order valence-electron chi connectivity index (χ3n) is 4.61. The molecule has 0 spiro atoms. The number of hydrogen-bond donors (Lipinski definition) is 0. The van der Waals surface area contributed by atoms with Crippen LogP contribution in [0.2, 0.25) is 0 Å². The van der Waals surface area contributed by atoms with Crippen LogP contribution in [-0.4, -0.2) is 63.1 Å². The molecule has 0 unspecified atom stereocenters. The Kier molecular flexibility index (Phi) is 4.24. The van der Waals surface area contributed by atoms with Gasteiger partial charge in [0.25, 0.3) is 0 Å². The normalized spacial score (nSPS) is 27.6. The molecule has 0 radical (unpaired) electrons. The van der Waals surface area contributed by atoms with Crippen molar-refractivity contribution in [1.82, 2.24) is 9.21 Å². The summed E-state index contributed by atoms with van der Waals surface area (Å²) in [5.74, 6) is -0.492. The van der Waals surface area contributed by atoms with E-state index in [-0.39, 0.29) is 17.0 Å². The first-order valence-electron chi connectivity index (χ1n) is 7.48. The molecular formula is C15H21FN2O3S. The van der Waals surface area contributed by atoms with E-state index in [9.17, 15) is 12.8 Å². The van der Waals surface area contributed by atoms with Gasteiger partial charge >= 0.3 is 0 Å². The van der Waals surface area contributed by atoms with Crippen LogP contribution in [0, 0.1) is 12.7 Å². The van der Waals surface area contributed by atoms with E-state index in [1.54, 1.807) is 6.92 Å². The number of benzene rings is 1. The summed E-state index contributed by atoms with van der Waals surface area (Å²) in [5.41, 5.74) is 0.443. The molecule has 2 heterocycles. The zero-order valence-corrected chi connectivity index (χ0v) is 13.6. The van der Waals surface area contributed by atoms with Crippen LogP contribution in [0.1, 0.15) is 12.0 Å². The average Bonchev–Trinajstić information content (AvgIpc) is 2.50. The molecule has 2 atom stereocenters. The highest BCUT2D eigenvalue weighted by Crippen LogP contribution is 2.27. The Bertz CT molecular complexity index is 665. The fraction of sp³-hybridized carbons (Fsp3) is 0.600. The van der Waals surface area contributed by atoms with E-state index in [1.165, 1.54) is 16.4 Å². The number of fused-ring (bicyclic) bond motifs is 1. The number of morpholine rings is 1. The van der Waals surface area contributed by atoms with Crippen molar-refractivity contribution >= 4 is 10.0 Å². The number of piperidine rings is 1. The summed E-state index contributed by atoms with van der Waals surface area (Å²) >= 11 is 0. The van der Waals surface area contributed by atoms with E-state index in [0.29, 0.717) is 31.7 Å². The molecule has 0 amide bonds. The monoisotopic (exact) mass is 328 g/mol. The van der Waals surface area contributed by atoms with Gasteiger partial charge in [0.2, 0.25) is 10.0 Å². The van der Waals surface area contributed by atoms with Crippen LogP contribution < -0.4 is 0 Å². The second-order valence-electron chi connectivity index (χ2n) is 6.02. The summed E-state index contributed by atoms with van der Waals surface area (Å²) in [7, 11) is -1.68. The Morgan fingerprint density at radius 2 is 2.09 bits per heavy atom. The first kappa shape index (κ1) is 15.9. The Morgan fingerprint density at radius 3 is 2.82 bits per heavy atom. The van der Waals surface area contributed by atoms with E-state index < -0.39 is 15.8 Å². The van der Waals surface area contributed by atoms with Gasteiger partial charge in [-0.3, -0.25) is 4.90 Å². The van der Waals surface area contributed by atoms with Gasteiger partial charge in [0.05, 0.1) is 17.6 Å². The van der Waals surface area contributed by atoms with Crippen molar-refractivity contribution in [3.8, 4) is 0 Å². The zero-order valence-electron chi connectivity index (χ0n) is 12.8. The van der Waals surface area contributed by atoms with Crippen LogP contribution in [0.4, 0.5) is 4.39 Å². The molecule has 0 bridgehead atoms. The molecule has 1 aromatic rings. The molecule has 2 aliphatic rings. The highest BCUT2D eigenvalue weighted by atomic mass is 32.2. The minimum absolute atomic E-state index is 0.0217. The lowest BCUT2D eigenvalue weighted by Gasteiger charge is -2.45. The second kappa shape index (κ2) is 5.88. The summed E-state index contributed by atoms with van der Waals surface area (Å²) in [6.45, 7) is 3.90. The van der Waals surface area contributed by atoms with Crippen molar-refractivity contribution in [3.05, 3.63) is 29.6 Å². The Morgan fingerprint density at radius 1 is 1.32 bits per heavy atom. The number of sulfonamides is 1. The Balaban J connectivity index is 1.84. The molecule has 2 fully saturated rings. The van der Waals surface area contributed by atoms with Crippen LogP contribution in [0.15, 0.2) is 23.1 Å². The number of rotatable bonds is 2. The standard InChI is InChI=1S/C15H21FN2O3S/c1-11-3-4-12(9-13(11)16)22(19,20)18-6-5-15-14(10-18)17(2)7-8-21-15/h3-4,9,14-15H,5-8,10H2,1-2H3/t14-,15-/m1/s1. The SMILES string of the molecule is Cc1ccc(S(=O)(=O)N2CC[C@H]3OCCN(C)[C@@H]3C2)cc1F. The molecule has 7 heteroatoms. The van der Waals surface area contributed by atoms with Gasteiger partial charge in [-0.2, -0.15) is 4.31 Å². The van der Waals surface area contributed by atoms with Gasteiger partial charge in [0.15, 0.2) is 0 Å². The quantitative estimate of drug-likeness (QED) is 0.819. The summed E-state index contributed by atoms with van der Waals surface area (Å²) in [6.07, 6.45) is 0.753. The molecule has 0 saturated carbocycles. The van der Waals surface area contributed by atoms with Gasteiger partial charge < -0.3 is 4.74 Å². The molecule has 3 rings (SSSR count). The van der Waals surface area contributed by atoms with Crippen LogP contribution in [0.5, 0.6) is 0 Å². The third-order valence-corrected chi connectivity index (χ3v) is 6.47. The maximum absolute atomic E-state index is 13.7. The number of aryl methyl sites for hydroxylation is 1. The van der Waals surface area contributed by atoms with Gasteiger partial charge in [0.1, 0.15) is 5.82 Å². The Hall–Kier alpha value is -1.02. The molecule has 0 N–H and O–H groups in total. The summed E-state index contributed by atoms with van der Waals surface area (Å²) < 4.78 is 46.3. The third kappa shape index (κ3) is 2.78. The highest BCUT2D eigenvalue weighted by Gasteiger charge is 2.39. The van der Waals surface area contributed by atoms with E-state index in [1.807, 2.05) is 7.05 Å². The Labute approximate surface area is 130 Å². The van der Waals surface area contributed by atoms with Crippen LogP contribution in [0.3, 0.4) is 0 Å². The smallest absolute Gasteiger partial charge is 0.243 e. The maximum atomic E-state index is 13.7. The van der Waals surface area contributed by atoms with Gasteiger partial charge in [-0.05, 0) is 38.1 Å². The van der Waals surface area contributed by atoms with E-state index in [2.05, 4.69) is 4.90 Å². The lowest BCUT2D eigenvalue weighted by atomic mass is 10.0. The predicted molar refractivity (Wildman–Crippen MR) is 80.7 cm³/mol. The first-order chi connectivity index (χ1) is 10.4. The van der Waals surface area contributed by atoms with Gasteiger partial charge in [-0.15, -0.1) is 0 Å². The van der Waals surface area contributed by atoms with Crippen molar-refractivity contribution in [2.75, 3.05) is 33.3 Å². The number of nitrogens with zero attached hydrogens (tertiary/aromatic N) is 2. The van der Waals surface area contributed by atoms with E-state index in [0.717, 1.165) is 12.6 Å². The molecular weight excluding hydrogens is 307 g/mol. The number of likely N-dealkylation sites (N-methyl/N-ethyl adjacent to an activating group) is 1. The molecule has 2 aliphatic heterocycles. The lowest BCUT2D eigenvalue weighted by molar-refractivity contribution is -0.0840. The highest BCUT2D eigenvalue weighted by molar-refractivity contribution is 7.89. The van der Waals surface area contributed by atoms with Crippen molar-refractivity contribution in [2.45, 2.75) is 30.4 Å². The van der Waals surface area contributed by atoms with Crippen LogP contribution >= 0.6 is 0 Å². The fourth-order valence-corrected chi connectivity index (χ4v) is 4.60. The molecule has 122 valence electrons. The van der Waals surface area contributed by atoms with Crippen molar-refractivity contribution in [1.29, 1.82) is 0 Å². The number of ether oxygens (including phenoxy) is 1.